The summed E-state index contributed by atoms with van der Waals surface area (Å²) in [5.74, 6) is 0.980. The van der Waals surface area contributed by atoms with Gasteiger partial charge in [-0.05, 0) is 64.1 Å². The minimum absolute atomic E-state index is 0.765. The van der Waals surface area contributed by atoms with Crippen molar-refractivity contribution in [3.05, 3.63) is 0 Å². The number of nitrogens with zero attached hydrogens (tertiary/aromatic N) is 1. The predicted octanol–water partition coefficient (Wildman–Crippen LogP) is 3.81. The largest absolute Gasteiger partial charge is 0.312 e. The van der Waals surface area contributed by atoms with Crippen molar-refractivity contribution in [2.45, 2.75) is 83.7 Å². The molecule has 0 bridgehead atoms. The third-order valence-electron chi connectivity index (χ3n) is 5.27. The van der Waals surface area contributed by atoms with E-state index in [9.17, 15) is 0 Å². The number of likely N-dealkylation sites (tertiary alicyclic amines) is 1. The van der Waals surface area contributed by atoms with E-state index >= 15 is 0 Å². The topological polar surface area (TPSA) is 15.3 Å². The summed E-state index contributed by atoms with van der Waals surface area (Å²) in [7, 11) is 0. The van der Waals surface area contributed by atoms with E-state index in [1.54, 1.807) is 0 Å². The molecule has 3 atom stereocenters. The van der Waals surface area contributed by atoms with E-state index in [1.807, 2.05) is 0 Å². The SMILES string of the molecule is CCCNC1CCC(CC)CC1N1CCCCCC1. The average molecular weight is 266 g/mol. The van der Waals surface area contributed by atoms with Gasteiger partial charge in [0.2, 0.25) is 0 Å². The molecule has 0 aromatic carbocycles. The lowest BCUT2D eigenvalue weighted by Gasteiger charge is -2.43. The van der Waals surface area contributed by atoms with Crippen LogP contribution in [0.1, 0.15) is 71.6 Å². The zero-order chi connectivity index (χ0) is 13.5. The highest BCUT2D eigenvalue weighted by Gasteiger charge is 2.33. The molecule has 0 aromatic rings. The van der Waals surface area contributed by atoms with E-state index < -0.39 is 0 Å². The van der Waals surface area contributed by atoms with Crippen LogP contribution in [0, 0.1) is 5.92 Å². The van der Waals surface area contributed by atoms with Gasteiger partial charge in [-0.25, -0.2) is 0 Å². The second-order valence-electron chi connectivity index (χ2n) is 6.67. The summed E-state index contributed by atoms with van der Waals surface area (Å²) < 4.78 is 0. The summed E-state index contributed by atoms with van der Waals surface area (Å²) in [5.41, 5.74) is 0. The van der Waals surface area contributed by atoms with Crippen molar-refractivity contribution >= 4 is 0 Å². The number of nitrogens with one attached hydrogen (secondary N) is 1. The first kappa shape index (κ1) is 15.3. The van der Waals surface area contributed by atoms with Crippen molar-refractivity contribution in [1.29, 1.82) is 0 Å². The molecular formula is C17H34N2. The Balaban J connectivity index is 1.96. The molecule has 2 aliphatic rings. The van der Waals surface area contributed by atoms with E-state index in [1.165, 1.54) is 77.4 Å². The monoisotopic (exact) mass is 266 g/mol. The van der Waals surface area contributed by atoms with Gasteiger partial charge in [0.15, 0.2) is 0 Å². The molecule has 2 nitrogen and oxygen atoms in total. The second-order valence-corrected chi connectivity index (χ2v) is 6.67. The van der Waals surface area contributed by atoms with Crippen LogP contribution in [0.25, 0.3) is 0 Å². The van der Waals surface area contributed by atoms with Gasteiger partial charge >= 0.3 is 0 Å². The first-order valence-electron chi connectivity index (χ1n) is 8.82. The summed E-state index contributed by atoms with van der Waals surface area (Å²) in [6.07, 6.45) is 12.7. The zero-order valence-corrected chi connectivity index (χ0v) is 13.2. The molecule has 1 saturated carbocycles. The molecule has 1 heterocycles. The van der Waals surface area contributed by atoms with Crippen molar-refractivity contribution < 1.29 is 0 Å². The highest BCUT2D eigenvalue weighted by Crippen LogP contribution is 2.31. The maximum Gasteiger partial charge on any atom is 0.0251 e. The Bertz CT molecular complexity index is 233. The maximum absolute atomic E-state index is 3.84. The fraction of sp³-hybridized carbons (Fsp3) is 1.00. The summed E-state index contributed by atoms with van der Waals surface area (Å²) >= 11 is 0. The minimum Gasteiger partial charge on any atom is -0.312 e. The molecule has 3 unspecified atom stereocenters. The summed E-state index contributed by atoms with van der Waals surface area (Å²) in [6.45, 7) is 8.57. The van der Waals surface area contributed by atoms with Crippen LogP contribution in [0.2, 0.25) is 0 Å². The van der Waals surface area contributed by atoms with Gasteiger partial charge in [-0.1, -0.05) is 33.1 Å². The van der Waals surface area contributed by atoms with Gasteiger partial charge in [0, 0.05) is 12.1 Å². The molecule has 1 saturated heterocycles. The van der Waals surface area contributed by atoms with Crippen LogP contribution in [0.3, 0.4) is 0 Å². The highest BCUT2D eigenvalue weighted by atomic mass is 15.2. The van der Waals surface area contributed by atoms with Crippen molar-refractivity contribution in [2.24, 2.45) is 5.92 Å². The second kappa shape index (κ2) is 8.26. The van der Waals surface area contributed by atoms with Crippen LogP contribution in [0.15, 0.2) is 0 Å². The van der Waals surface area contributed by atoms with Gasteiger partial charge in [0.25, 0.3) is 0 Å². The van der Waals surface area contributed by atoms with Crippen molar-refractivity contribution in [3.63, 3.8) is 0 Å². The maximum atomic E-state index is 3.84. The molecule has 2 rings (SSSR count). The van der Waals surface area contributed by atoms with E-state index in [4.69, 9.17) is 0 Å². The molecule has 0 spiro atoms. The molecule has 2 fully saturated rings. The van der Waals surface area contributed by atoms with E-state index in [-0.39, 0.29) is 0 Å². The van der Waals surface area contributed by atoms with Crippen LogP contribution < -0.4 is 5.32 Å². The van der Waals surface area contributed by atoms with Gasteiger partial charge in [0.1, 0.15) is 0 Å². The van der Waals surface area contributed by atoms with E-state index in [2.05, 4.69) is 24.1 Å². The molecule has 0 radical (unpaired) electrons. The lowest BCUT2D eigenvalue weighted by molar-refractivity contribution is 0.0982. The van der Waals surface area contributed by atoms with Crippen molar-refractivity contribution in [2.75, 3.05) is 19.6 Å². The van der Waals surface area contributed by atoms with Crippen molar-refractivity contribution in [3.8, 4) is 0 Å². The normalized spacial score (nSPS) is 34.1. The van der Waals surface area contributed by atoms with E-state index in [0.717, 1.165) is 18.0 Å². The Hall–Kier alpha value is -0.0800. The predicted molar refractivity (Wildman–Crippen MR) is 83.5 cm³/mol. The molecule has 19 heavy (non-hydrogen) atoms. The quantitative estimate of drug-likeness (QED) is 0.814. The number of hydrogen-bond donors (Lipinski definition) is 1. The molecule has 2 heteroatoms. The molecule has 1 N–H and O–H groups in total. The van der Waals surface area contributed by atoms with Gasteiger partial charge < -0.3 is 5.32 Å². The average Bonchev–Trinajstić information content (AvgIpc) is 2.74. The third-order valence-corrected chi connectivity index (χ3v) is 5.27. The smallest absolute Gasteiger partial charge is 0.0251 e. The Morgan fingerprint density at radius 3 is 2.37 bits per heavy atom. The van der Waals surface area contributed by atoms with Gasteiger partial charge in [-0.3, -0.25) is 4.90 Å². The molecular weight excluding hydrogens is 232 g/mol. The number of rotatable bonds is 5. The molecule has 0 amide bonds. The van der Waals surface area contributed by atoms with Crippen LogP contribution in [-0.2, 0) is 0 Å². The van der Waals surface area contributed by atoms with Gasteiger partial charge in [-0.2, -0.15) is 0 Å². The minimum atomic E-state index is 0.765. The molecule has 0 aromatic heterocycles. The third kappa shape index (κ3) is 4.46. The fourth-order valence-corrected chi connectivity index (χ4v) is 4.00. The molecule has 1 aliphatic heterocycles. The lowest BCUT2D eigenvalue weighted by atomic mass is 9.80. The van der Waals surface area contributed by atoms with Crippen LogP contribution in [-0.4, -0.2) is 36.6 Å². The Kier molecular flexibility index (Phi) is 6.66. The summed E-state index contributed by atoms with van der Waals surface area (Å²) in [5, 5.41) is 3.84. The molecule has 1 aliphatic carbocycles. The van der Waals surface area contributed by atoms with E-state index in [0.29, 0.717) is 0 Å². The Morgan fingerprint density at radius 2 is 1.74 bits per heavy atom. The summed E-state index contributed by atoms with van der Waals surface area (Å²) in [4.78, 5) is 2.84. The number of hydrogen-bond acceptors (Lipinski definition) is 2. The van der Waals surface area contributed by atoms with Crippen molar-refractivity contribution in [1.82, 2.24) is 10.2 Å². The summed E-state index contributed by atoms with van der Waals surface area (Å²) in [6, 6.07) is 1.59. The standard InChI is InChI=1S/C17H34N2/c1-3-11-18-16-10-9-15(4-2)14-17(16)19-12-7-5-6-8-13-19/h15-18H,3-14H2,1-2H3. The first-order valence-corrected chi connectivity index (χ1v) is 8.82. The lowest BCUT2D eigenvalue weighted by Crippen LogP contribution is -2.53. The van der Waals surface area contributed by atoms with Crippen LogP contribution in [0.4, 0.5) is 0 Å². The van der Waals surface area contributed by atoms with Gasteiger partial charge in [-0.15, -0.1) is 0 Å². The van der Waals surface area contributed by atoms with Crippen LogP contribution >= 0.6 is 0 Å². The first-order chi connectivity index (χ1) is 9.35. The Labute approximate surface area is 120 Å². The van der Waals surface area contributed by atoms with Crippen LogP contribution in [0.5, 0.6) is 0 Å². The Morgan fingerprint density at radius 1 is 1.00 bits per heavy atom. The highest BCUT2D eigenvalue weighted by molar-refractivity contribution is 4.91. The molecule has 112 valence electrons. The van der Waals surface area contributed by atoms with Gasteiger partial charge in [0.05, 0.1) is 0 Å². The fourth-order valence-electron chi connectivity index (χ4n) is 4.00. The zero-order valence-electron chi connectivity index (χ0n) is 13.2.